The molecule has 0 unspecified atom stereocenters. The smallest absolute Gasteiger partial charge is 0.326 e. The molecule has 30 nitrogen and oxygen atoms in total. The Morgan fingerprint density at radius 2 is 0.932 bits per heavy atom. The lowest BCUT2D eigenvalue weighted by Gasteiger charge is -2.28. The first-order valence-electron chi connectivity index (χ1n) is 23.4. The molecule has 0 spiro atoms. The number of nitrogens with two attached hydrogens (primary N) is 6. The molecule has 30 heteroatoms. The average molecular weight is 1050 g/mol. The van der Waals surface area contributed by atoms with E-state index in [0.29, 0.717) is 12.0 Å². The Labute approximate surface area is 425 Å². The van der Waals surface area contributed by atoms with Gasteiger partial charge in [0.05, 0.1) is 19.1 Å². The molecule has 0 bridgehead atoms. The van der Waals surface area contributed by atoms with Gasteiger partial charge in [-0.2, -0.15) is 0 Å². The zero-order chi connectivity index (χ0) is 56.1. The van der Waals surface area contributed by atoms with Crippen LogP contribution < -0.4 is 71.6 Å². The summed E-state index contributed by atoms with van der Waals surface area (Å²) in [5.41, 5.74) is 33.1. The van der Waals surface area contributed by atoms with Crippen LogP contribution in [-0.4, -0.2) is 166 Å². The van der Waals surface area contributed by atoms with E-state index in [1.54, 1.807) is 44.2 Å². The third kappa shape index (κ3) is 25.3. The van der Waals surface area contributed by atoms with Crippen molar-refractivity contribution in [2.45, 2.75) is 133 Å². The van der Waals surface area contributed by atoms with Gasteiger partial charge in [-0.15, -0.1) is 0 Å². The predicted octanol–water partition coefficient (Wildman–Crippen LogP) is -6.21. The summed E-state index contributed by atoms with van der Waals surface area (Å²) in [5, 5.41) is 55.5. The lowest BCUT2D eigenvalue weighted by Crippen LogP contribution is -2.61. The number of aliphatic imine (C=N–C) groups is 2. The number of aliphatic hydroxyl groups is 1. The molecular formula is C44H71N15O15. The van der Waals surface area contributed by atoms with Gasteiger partial charge in [0, 0.05) is 32.4 Å². The van der Waals surface area contributed by atoms with Gasteiger partial charge < -0.3 is 92.0 Å². The van der Waals surface area contributed by atoms with E-state index < -0.39 is 158 Å². The SMILES string of the molecule is CC[C@H](C)[C@H](NC(=O)[C@H](CO)NC(=O)[C@H](CCCN=C(N)N)NC(=O)[C@H](CCCN=C(N)N)NC(=O)[C@H](CCC(=O)O)NC(=O)[C@H](CCC(=O)O)NC(=O)[C@@H](N)CC(N)=O)C(=O)N[C@@H](Cc1ccccc1)C(=O)O. The summed E-state index contributed by atoms with van der Waals surface area (Å²) in [4.78, 5) is 150. The summed E-state index contributed by atoms with van der Waals surface area (Å²) in [6, 6.07) is -4.33. The minimum absolute atomic E-state index is 0.00800. The second-order valence-corrected chi connectivity index (χ2v) is 17.0. The Bertz CT molecular complexity index is 2160. The molecule has 74 heavy (non-hydrogen) atoms. The number of carboxylic acids is 3. The van der Waals surface area contributed by atoms with Crippen molar-refractivity contribution in [3.8, 4) is 0 Å². The van der Waals surface area contributed by atoms with Gasteiger partial charge in [0.15, 0.2) is 11.9 Å². The molecule has 0 saturated carbocycles. The van der Waals surface area contributed by atoms with Gasteiger partial charge in [-0.3, -0.25) is 57.9 Å². The molecule has 0 aliphatic carbocycles. The van der Waals surface area contributed by atoms with Crippen molar-refractivity contribution < 1.29 is 73.2 Å². The fraction of sp³-hybridized carbons (Fsp3) is 0.568. The number of aliphatic hydroxyl groups excluding tert-OH is 1. The molecule has 0 aliphatic rings. The number of aliphatic carboxylic acids is 3. The van der Waals surface area contributed by atoms with Crippen molar-refractivity contribution in [1.82, 2.24) is 37.2 Å². The van der Waals surface area contributed by atoms with Crippen LogP contribution in [-0.2, 0) is 59.2 Å². The van der Waals surface area contributed by atoms with E-state index in [4.69, 9.17) is 34.4 Å². The Kier molecular flexibility index (Phi) is 28.9. The Morgan fingerprint density at radius 3 is 1.31 bits per heavy atom. The average Bonchev–Trinajstić information content (AvgIpc) is 3.33. The number of rotatable bonds is 36. The molecule has 0 saturated heterocycles. The van der Waals surface area contributed by atoms with E-state index in [9.17, 15) is 73.2 Å². The summed E-state index contributed by atoms with van der Waals surface area (Å²) in [5.74, 6) is -13.9. The standard InChI is InChI=1S/C44H71N15O15/c1-3-22(2)34(41(72)57-29(42(73)74)19-23-9-5-4-6-10-23)59-40(71)30(21-60)58-37(68)26(12-8-18-52-44(49)50)54-36(67)25(11-7-17-51-43(47)48)55-39(70)28(14-16-33(64)65)56-38(69)27(13-15-32(62)63)53-35(66)24(45)20-31(46)61/h4-6,9-10,22,24-30,34,60H,3,7-8,11-21,45H2,1-2H3,(H2,46,61)(H,53,66)(H,54,67)(H,55,70)(H,56,69)(H,57,72)(H,58,68)(H,59,71)(H,62,63)(H,64,65)(H,73,74)(H4,47,48,51)(H4,49,50,52)/t22-,24-,25-,26-,27-,28-,29-,30-,34-/m0/s1. The predicted molar refractivity (Wildman–Crippen MR) is 263 cm³/mol. The number of amides is 8. The van der Waals surface area contributed by atoms with Gasteiger partial charge in [0.25, 0.3) is 0 Å². The quantitative estimate of drug-likeness (QED) is 0.0169. The van der Waals surface area contributed by atoms with Crippen LogP contribution in [0.4, 0.5) is 0 Å². The summed E-state index contributed by atoms with van der Waals surface area (Å²) < 4.78 is 0. The van der Waals surface area contributed by atoms with E-state index in [2.05, 4.69) is 47.2 Å². The van der Waals surface area contributed by atoms with Gasteiger partial charge in [-0.05, 0) is 50.0 Å². The lowest BCUT2D eigenvalue weighted by molar-refractivity contribution is -0.142. The van der Waals surface area contributed by atoms with E-state index in [-0.39, 0.29) is 57.1 Å². The molecule has 0 radical (unpaired) electrons. The summed E-state index contributed by atoms with van der Waals surface area (Å²) in [7, 11) is 0. The minimum Gasteiger partial charge on any atom is -0.481 e. The molecule has 0 fully saturated rings. The first-order valence-corrected chi connectivity index (χ1v) is 23.4. The summed E-state index contributed by atoms with van der Waals surface area (Å²) in [6.07, 6.45) is -3.60. The number of nitrogens with one attached hydrogen (secondary N) is 7. The van der Waals surface area contributed by atoms with Crippen LogP contribution in [0, 0.1) is 5.92 Å². The number of carbonyl (C=O) groups is 11. The summed E-state index contributed by atoms with van der Waals surface area (Å²) >= 11 is 0. The molecule has 0 aliphatic heterocycles. The molecule has 1 aromatic carbocycles. The fourth-order valence-corrected chi connectivity index (χ4v) is 6.76. The molecule has 412 valence electrons. The summed E-state index contributed by atoms with van der Waals surface area (Å²) in [6.45, 7) is 2.09. The topological polar surface area (TPSA) is 534 Å². The second kappa shape index (κ2) is 33.5. The zero-order valence-electron chi connectivity index (χ0n) is 41.1. The van der Waals surface area contributed by atoms with Crippen LogP contribution in [0.15, 0.2) is 40.3 Å². The van der Waals surface area contributed by atoms with Crippen molar-refractivity contribution >= 4 is 77.1 Å². The largest absolute Gasteiger partial charge is 0.481 e. The molecule has 1 rings (SSSR count). The highest BCUT2D eigenvalue weighted by Crippen LogP contribution is 2.12. The van der Waals surface area contributed by atoms with Crippen LogP contribution >= 0.6 is 0 Å². The van der Waals surface area contributed by atoms with Crippen LogP contribution in [0.5, 0.6) is 0 Å². The van der Waals surface area contributed by atoms with Crippen LogP contribution in [0.1, 0.15) is 83.6 Å². The van der Waals surface area contributed by atoms with Crippen molar-refractivity contribution in [2.24, 2.45) is 50.3 Å². The second-order valence-electron chi connectivity index (χ2n) is 17.0. The van der Waals surface area contributed by atoms with E-state index in [1.165, 1.54) is 0 Å². The molecular weight excluding hydrogens is 979 g/mol. The molecule has 8 amide bonds. The number of carboxylic acid groups (broad SMARTS) is 3. The first kappa shape index (κ1) is 63.9. The number of nitrogens with zero attached hydrogens (tertiary/aromatic N) is 2. The van der Waals surface area contributed by atoms with Gasteiger partial charge in [-0.25, -0.2) is 4.79 Å². The van der Waals surface area contributed by atoms with E-state index >= 15 is 0 Å². The number of benzene rings is 1. The number of primary amides is 1. The maximum Gasteiger partial charge on any atom is 0.326 e. The third-order valence-electron chi connectivity index (χ3n) is 11.0. The highest BCUT2D eigenvalue weighted by atomic mass is 16.4. The molecule has 0 heterocycles. The third-order valence-corrected chi connectivity index (χ3v) is 11.0. The normalized spacial score (nSPS) is 14.4. The van der Waals surface area contributed by atoms with Gasteiger partial charge >= 0.3 is 17.9 Å². The minimum atomic E-state index is -1.78. The fourth-order valence-electron chi connectivity index (χ4n) is 6.76. The monoisotopic (exact) mass is 1050 g/mol. The first-order chi connectivity index (χ1) is 34.8. The maximum absolute atomic E-state index is 14.2. The van der Waals surface area contributed by atoms with Crippen LogP contribution in [0.2, 0.25) is 0 Å². The molecule has 23 N–H and O–H groups in total. The van der Waals surface area contributed by atoms with Crippen molar-refractivity contribution in [1.29, 1.82) is 0 Å². The van der Waals surface area contributed by atoms with Gasteiger partial charge in [0.1, 0.15) is 42.3 Å². The highest BCUT2D eigenvalue weighted by Gasteiger charge is 2.36. The van der Waals surface area contributed by atoms with Crippen LogP contribution in [0.3, 0.4) is 0 Å². The number of hydrogen-bond acceptors (Lipinski definition) is 15. The van der Waals surface area contributed by atoms with Crippen molar-refractivity contribution in [3.05, 3.63) is 35.9 Å². The Hall–Kier alpha value is -8.15. The number of carbonyl (C=O) groups excluding carboxylic acids is 8. The highest BCUT2D eigenvalue weighted by molar-refractivity contribution is 5.98. The zero-order valence-corrected chi connectivity index (χ0v) is 41.1. The Balaban J connectivity index is 3.56. The van der Waals surface area contributed by atoms with Crippen molar-refractivity contribution in [3.63, 3.8) is 0 Å². The number of hydrogen-bond donors (Lipinski definition) is 17. The van der Waals surface area contributed by atoms with Gasteiger partial charge in [0.2, 0.25) is 47.3 Å². The molecule has 9 atom stereocenters. The maximum atomic E-state index is 14.2. The van der Waals surface area contributed by atoms with Crippen LogP contribution in [0.25, 0.3) is 0 Å². The van der Waals surface area contributed by atoms with Crippen molar-refractivity contribution in [2.75, 3.05) is 19.7 Å². The van der Waals surface area contributed by atoms with E-state index in [0.717, 1.165) is 0 Å². The number of guanidine groups is 2. The molecule has 1 aromatic rings. The van der Waals surface area contributed by atoms with Gasteiger partial charge in [-0.1, -0.05) is 50.6 Å². The molecule has 0 aromatic heterocycles. The Morgan fingerprint density at radius 1 is 0.541 bits per heavy atom. The van der Waals surface area contributed by atoms with E-state index in [1.807, 2.05) is 0 Å². The lowest BCUT2D eigenvalue weighted by atomic mass is 9.97.